The van der Waals surface area contributed by atoms with Crippen LogP contribution in [0.5, 0.6) is 0 Å². The zero-order valence-corrected chi connectivity index (χ0v) is 15.8. The fourth-order valence-corrected chi connectivity index (χ4v) is 3.58. The molecule has 4 nitrogen and oxygen atoms in total. The number of amidine groups is 1. The minimum Gasteiger partial charge on any atom is -0.339 e. The van der Waals surface area contributed by atoms with Crippen molar-refractivity contribution in [3.05, 3.63) is 95.3 Å². The van der Waals surface area contributed by atoms with E-state index in [4.69, 9.17) is 0 Å². The number of nitrogens with zero attached hydrogens (tertiary/aromatic N) is 1. The molecular weight excluding hydrogens is 363 g/mol. The molecule has 0 aliphatic carbocycles. The van der Waals surface area contributed by atoms with Gasteiger partial charge in [0.25, 0.3) is 10.0 Å². The largest absolute Gasteiger partial charge is 0.339 e. The van der Waals surface area contributed by atoms with Crippen LogP contribution in [0, 0.1) is 19.7 Å². The van der Waals surface area contributed by atoms with Gasteiger partial charge in [0.1, 0.15) is 5.82 Å². The molecule has 3 aromatic rings. The van der Waals surface area contributed by atoms with Crippen LogP contribution in [-0.4, -0.2) is 14.3 Å². The normalized spacial score (nSPS) is 12.0. The number of anilines is 1. The molecule has 0 atom stereocenters. The third-order valence-corrected chi connectivity index (χ3v) is 5.30. The van der Waals surface area contributed by atoms with Gasteiger partial charge < -0.3 is 5.32 Å². The Hall–Kier alpha value is -2.99. The Morgan fingerprint density at radius 3 is 2.22 bits per heavy atom. The van der Waals surface area contributed by atoms with Crippen LogP contribution in [0.4, 0.5) is 10.1 Å². The number of benzene rings is 3. The first-order chi connectivity index (χ1) is 12.8. The molecule has 138 valence electrons. The lowest BCUT2D eigenvalue weighted by Gasteiger charge is -2.13. The van der Waals surface area contributed by atoms with E-state index < -0.39 is 15.8 Å². The van der Waals surface area contributed by atoms with Crippen LogP contribution in [0.15, 0.2) is 82.1 Å². The molecule has 3 rings (SSSR count). The molecule has 0 saturated heterocycles. The number of aryl methyl sites for hydroxylation is 2. The Morgan fingerprint density at radius 1 is 0.926 bits per heavy atom. The van der Waals surface area contributed by atoms with Gasteiger partial charge in [-0.05, 0) is 49.7 Å². The quantitative estimate of drug-likeness (QED) is 0.526. The number of hydrogen-bond acceptors (Lipinski definition) is 2. The standard InChI is InChI=1S/C21H19FN2O2S/c1-15-8-13-20(16(2)14-15)23-21(17-6-4-3-5-7-17)24-27(25,26)19-11-9-18(22)10-12-19/h3-14H,1-2H3,(H,23,24). The second kappa shape index (κ2) is 7.72. The van der Waals surface area contributed by atoms with Gasteiger partial charge >= 0.3 is 0 Å². The summed E-state index contributed by atoms with van der Waals surface area (Å²) in [5.41, 5.74) is 3.47. The van der Waals surface area contributed by atoms with E-state index in [-0.39, 0.29) is 10.7 Å². The van der Waals surface area contributed by atoms with Crippen molar-refractivity contribution in [1.82, 2.24) is 0 Å². The SMILES string of the molecule is Cc1ccc(N/C(=N/S(=O)(=O)c2ccc(F)cc2)c2ccccc2)c(C)c1. The predicted molar refractivity (Wildman–Crippen MR) is 106 cm³/mol. The van der Waals surface area contributed by atoms with E-state index in [2.05, 4.69) is 9.71 Å². The van der Waals surface area contributed by atoms with Gasteiger partial charge in [0.05, 0.1) is 4.90 Å². The molecule has 1 N–H and O–H groups in total. The highest BCUT2D eigenvalue weighted by Gasteiger charge is 2.16. The van der Waals surface area contributed by atoms with Crippen LogP contribution in [0.25, 0.3) is 0 Å². The molecule has 0 aliphatic heterocycles. The highest BCUT2D eigenvalue weighted by molar-refractivity contribution is 7.90. The van der Waals surface area contributed by atoms with Crippen molar-refractivity contribution in [2.75, 3.05) is 5.32 Å². The van der Waals surface area contributed by atoms with Crippen LogP contribution >= 0.6 is 0 Å². The summed E-state index contributed by atoms with van der Waals surface area (Å²) in [6, 6.07) is 19.4. The number of rotatable bonds is 4. The maximum absolute atomic E-state index is 13.1. The lowest BCUT2D eigenvalue weighted by atomic mass is 10.1. The third kappa shape index (κ3) is 4.60. The summed E-state index contributed by atoms with van der Waals surface area (Å²) in [4.78, 5) is -0.0697. The minimum atomic E-state index is -4.01. The summed E-state index contributed by atoms with van der Waals surface area (Å²) < 4.78 is 42.5. The summed E-state index contributed by atoms with van der Waals surface area (Å²) in [5, 5.41) is 3.12. The first-order valence-corrected chi connectivity index (χ1v) is 9.79. The minimum absolute atomic E-state index is 0.0697. The highest BCUT2D eigenvalue weighted by atomic mass is 32.2. The smallest absolute Gasteiger partial charge is 0.284 e. The molecule has 0 spiro atoms. The van der Waals surface area contributed by atoms with E-state index in [0.717, 1.165) is 28.9 Å². The van der Waals surface area contributed by atoms with Gasteiger partial charge in [0.15, 0.2) is 5.84 Å². The van der Waals surface area contributed by atoms with E-state index in [0.29, 0.717) is 5.56 Å². The number of halogens is 1. The van der Waals surface area contributed by atoms with Gasteiger partial charge in [0.2, 0.25) is 0 Å². The van der Waals surface area contributed by atoms with Crippen molar-refractivity contribution in [2.45, 2.75) is 18.7 Å². The van der Waals surface area contributed by atoms with Gasteiger partial charge in [-0.15, -0.1) is 4.40 Å². The van der Waals surface area contributed by atoms with Gasteiger partial charge in [0, 0.05) is 11.3 Å². The summed E-state index contributed by atoms with van der Waals surface area (Å²) in [5.74, 6) is -0.304. The van der Waals surface area contributed by atoms with Gasteiger partial charge in [-0.2, -0.15) is 8.42 Å². The van der Waals surface area contributed by atoms with Crippen LogP contribution in [0.2, 0.25) is 0 Å². The van der Waals surface area contributed by atoms with E-state index in [1.54, 1.807) is 24.3 Å². The molecule has 0 heterocycles. The average Bonchev–Trinajstić information content (AvgIpc) is 2.64. The first kappa shape index (κ1) is 18.8. The van der Waals surface area contributed by atoms with E-state index in [1.807, 2.05) is 38.1 Å². The van der Waals surface area contributed by atoms with Crippen molar-refractivity contribution >= 4 is 21.5 Å². The van der Waals surface area contributed by atoms with E-state index in [9.17, 15) is 12.8 Å². The van der Waals surface area contributed by atoms with Crippen molar-refractivity contribution in [3.63, 3.8) is 0 Å². The molecule has 3 aromatic carbocycles. The van der Waals surface area contributed by atoms with Crippen LogP contribution in [-0.2, 0) is 10.0 Å². The summed E-state index contributed by atoms with van der Waals surface area (Å²) in [7, 11) is -4.01. The zero-order chi connectivity index (χ0) is 19.4. The fraction of sp³-hybridized carbons (Fsp3) is 0.0952. The first-order valence-electron chi connectivity index (χ1n) is 8.35. The van der Waals surface area contributed by atoms with Gasteiger partial charge in [-0.3, -0.25) is 0 Å². The maximum Gasteiger partial charge on any atom is 0.284 e. The Bertz CT molecular complexity index is 1080. The van der Waals surface area contributed by atoms with Crippen LogP contribution < -0.4 is 5.32 Å². The topological polar surface area (TPSA) is 58.5 Å². The molecule has 27 heavy (non-hydrogen) atoms. The van der Waals surface area contributed by atoms with Crippen molar-refractivity contribution in [2.24, 2.45) is 4.40 Å². The van der Waals surface area contributed by atoms with Crippen molar-refractivity contribution in [1.29, 1.82) is 0 Å². The maximum atomic E-state index is 13.1. The predicted octanol–water partition coefficient (Wildman–Crippen LogP) is 4.69. The molecule has 0 bridgehead atoms. The van der Waals surface area contributed by atoms with Gasteiger partial charge in [-0.1, -0.05) is 48.0 Å². The Morgan fingerprint density at radius 2 is 1.59 bits per heavy atom. The molecule has 0 aliphatic rings. The second-order valence-electron chi connectivity index (χ2n) is 6.18. The third-order valence-electron chi connectivity index (χ3n) is 4.01. The molecule has 0 aromatic heterocycles. The monoisotopic (exact) mass is 382 g/mol. The van der Waals surface area contributed by atoms with Crippen LogP contribution in [0.3, 0.4) is 0 Å². The molecule has 0 amide bonds. The second-order valence-corrected chi connectivity index (χ2v) is 7.78. The van der Waals surface area contributed by atoms with E-state index >= 15 is 0 Å². The number of hydrogen-bond donors (Lipinski definition) is 1. The lowest BCUT2D eigenvalue weighted by Crippen LogP contribution is -2.17. The van der Waals surface area contributed by atoms with Crippen molar-refractivity contribution in [3.8, 4) is 0 Å². The molecule has 0 fully saturated rings. The summed E-state index contributed by atoms with van der Waals surface area (Å²) >= 11 is 0. The highest BCUT2D eigenvalue weighted by Crippen LogP contribution is 2.20. The Balaban J connectivity index is 2.07. The van der Waals surface area contributed by atoms with E-state index in [1.165, 1.54) is 12.1 Å². The zero-order valence-electron chi connectivity index (χ0n) is 15.0. The van der Waals surface area contributed by atoms with Crippen molar-refractivity contribution < 1.29 is 12.8 Å². The molecule has 0 radical (unpaired) electrons. The number of nitrogens with one attached hydrogen (secondary N) is 1. The van der Waals surface area contributed by atoms with Gasteiger partial charge in [-0.25, -0.2) is 4.39 Å². The summed E-state index contributed by atoms with van der Waals surface area (Å²) in [6.45, 7) is 3.92. The number of sulfonamides is 1. The molecule has 6 heteroatoms. The molecule has 0 unspecified atom stereocenters. The summed E-state index contributed by atoms with van der Waals surface area (Å²) in [6.07, 6.45) is 0. The average molecular weight is 382 g/mol. The molecule has 0 saturated carbocycles. The Kier molecular flexibility index (Phi) is 5.37. The Labute approximate surface area is 158 Å². The fourth-order valence-electron chi connectivity index (χ4n) is 2.60. The lowest BCUT2D eigenvalue weighted by molar-refractivity contribution is 0.596. The molecular formula is C21H19FN2O2S. The van der Waals surface area contributed by atoms with Crippen LogP contribution in [0.1, 0.15) is 16.7 Å².